The number of aryl methyl sites for hydroxylation is 1. The fraction of sp³-hybridized carbons (Fsp3) is 0.273. The normalized spacial score (nSPS) is 18.9. The lowest BCUT2D eigenvalue weighted by molar-refractivity contribution is 0.102. The maximum atomic E-state index is 13.1. The molecule has 5 rings (SSSR count). The highest BCUT2D eigenvalue weighted by atomic mass is 32.2. The van der Waals surface area contributed by atoms with Gasteiger partial charge >= 0.3 is 0 Å². The summed E-state index contributed by atoms with van der Waals surface area (Å²) in [5.41, 5.74) is 3.75. The van der Waals surface area contributed by atoms with Gasteiger partial charge in [0.2, 0.25) is 5.95 Å². The predicted octanol–water partition coefficient (Wildman–Crippen LogP) is 3.17. The van der Waals surface area contributed by atoms with Crippen molar-refractivity contribution in [2.24, 2.45) is 7.05 Å². The monoisotopic (exact) mass is 434 g/mol. The number of amides is 1. The Balaban J connectivity index is 1.49. The highest BCUT2D eigenvalue weighted by Crippen LogP contribution is 2.30. The molecule has 1 fully saturated rings. The summed E-state index contributed by atoms with van der Waals surface area (Å²) in [5, 5.41) is 7.14. The molecule has 1 N–H and O–H groups in total. The van der Waals surface area contributed by atoms with E-state index in [-0.39, 0.29) is 11.9 Å². The van der Waals surface area contributed by atoms with Crippen molar-refractivity contribution in [3.63, 3.8) is 0 Å². The Kier molecular flexibility index (Phi) is 5.11. The summed E-state index contributed by atoms with van der Waals surface area (Å²) in [4.78, 5) is 22.1. The van der Waals surface area contributed by atoms with E-state index in [4.69, 9.17) is 0 Å². The Morgan fingerprint density at radius 2 is 2.13 bits per heavy atom. The number of hydrogen-bond acceptors (Lipinski definition) is 5. The summed E-state index contributed by atoms with van der Waals surface area (Å²) < 4.78 is 15.9. The van der Waals surface area contributed by atoms with Gasteiger partial charge in [-0.15, -0.1) is 0 Å². The van der Waals surface area contributed by atoms with Gasteiger partial charge in [0, 0.05) is 58.9 Å². The van der Waals surface area contributed by atoms with Crippen LogP contribution in [-0.4, -0.2) is 45.9 Å². The van der Waals surface area contributed by atoms with Crippen LogP contribution in [0.2, 0.25) is 0 Å². The van der Waals surface area contributed by atoms with Gasteiger partial charge in [0.25, 0.3) is 5.91 Å². The average molecular weight is 435 g/mol. The third kappa shape index (κ3) is 3.88. The Morgan fingerprint density at radius 1 is 1.26 bits per heavy atom. The van der Waals surface area contributed by atoms with E-state index < -0.39 is 10.8 Å². The molecule has 1 amide bonds. The molecule has 1 aliphatic heterocycles. The van der Waals surface area contributed by atoms with Crippen molar-refractivity contribution in [1.82, 2.24) is 24.3 Å². The first kappa shape index (κ1) is 19.6. The van der Waals surface area contributed by atoms with Crippen molar-refractivity contribution in [2.75, 3.05) is 16.8 Å². The minimum absolute atomic E-state index is 0.0423. The lowest BCUT2D eigenvalue weighted by Crippen LogP contribution is -2.26. The number of nitrogens with zero attached hydrogens (tertiary/aromatic N) is 5. The lowest BCUT2D eigenvalue weighted by Gasteiger charge is -2.25. The summed E-state index contributed by atoms with van der Waals surface area (Å²) in [7, 11) is 0.982. The zero-order valence-electron chi connectivity index (χ0n) is 17.1. The minimum atomic E-state index is -0.855. The first-order chi connectivity index (χ1) is 15.1. The summed E-state index contributed by atoms with van der Waals surface area (Å²) in [6.07, 6.45) is 7.00. The highest BCUT2D eigenvalue weighted by molar-refractivity contribution is 7.85. The standard InChI is InChI=1S/C22H22N6O2S/c1-27-13-16(12-24-27)19-11-15(8-9-23-19)21(29)26-22-25-18-6-2-3-7-20(18)28(22)17-5-4-10-31(30)14-17/h2-3,6-9,11-13,17H,4-5,10,14H2,1H3,(H,25,26,29). The van der Waals surface area contributed by atoms with E-state index in [0.29, 0.717) is 23.0 Å². The minimum Gasteiger partial charge on any atom is -0.306 e. The first-order valence-corrected chi connectivity index (χ1v) is 11.7. The van der Waals surface area contributed by atoms with E-state index in [1.165, 1.54) is 0 Å². The van der Waals surface area contributed by atoms with Gasteiger partial charge in [-0.05, 0) is 37.1 Å². The fourth-order valence-electron chi connectivity index (χ4n) is 4.02. The second kappa shape index (κ2) is 8.07. The summed E-state index contributed by atoms with van der Waals surface area (Å²) in [5.74, 6) is 1.53. The van der Waals surface area contributed by atoms with Crippen molar-refractivity contribution < 1.29 is 9.00 Å². The molecule has 9 heteroatoms. The number of carbonyl (C=O) groups excluding carboxylic acids is 1. The molecule has 158 valence electrons. The van der Waals surface area contributed by atoms with Gasteiger partial charge in [-0.2, -0.15) is 5.10 Å². The second-order valence-electron chi connectivity index (χ2n) is 7.69. The Morgan fingerprint density at radius 3 is 2.94 bits per heavy atom. The van der Waals surface area contributed by atoms with Gasteiger partial charge in [-0.1, -0.05) is 12.1 Å². The molecule has 2 unspecified atom stereocenters. The van der Waals surface area contributed by atoms with Crippen LogP contribution in [0.15, 0.2) is 55.0 Å². The Hall–Kier alpha value is -3.33. The molecule has 1 saturated heterocycles. The van der Waals surface area contributed by atoms with E-state index in [0.717, 1.165) is 35.2 Å². The number of pyridine rings is 1. The molecule has 31 heavy (non-hydrogen) atoms. The molecule has 4 aromatic rings. The molecule has 8 nitrogen and oxygen atoms in total. The number of anilines is 1. The molecule has 2 atom stereocenters. The number of para-hydroxylation sites is 2. The van der Waals surface area contributed by atoms with Crippen LogP contribution in [0.5, 0.6) is 0 Å². The predicted molar refractivity (Wildman–Crippen MR) is 120 cm³/mol. The van der Waals surface area contributed by atoms with Crippen LogP contribution >= 0.6 is 0 Å². The number of benzene rings is 1. The van der Waals surface area contributed by atoms with Gasteiger partial charge in [-0.25, -0.2) is 4.98 Å². The number of imidazole rings is 1. The topological polar surface area (TPSA) is 94.7 Å². The van der Waals surface area contributed by atoms with E-state index >= 15 is 0 Å². The molecule has 0 saturated carbocycles. The van der Waals surface area contributed by atoms with E-state index in [1.807, 2.05) is 42.1 Å². The molecule has 0 bridgehead atoms. The molecule has 0 radical (unpaired) electrons. The van der Waals surface area contributed by atoms with Crippen LogP contribution in [0.3, 0.4) is 0 Å². The quantitative estimate of drug-likeness (QED) is 0.532. The first-order valence-electron chi connectivity index (χ1n) is 10.2. The van der Waals surface area contributed by atoms with Gasteiger partial charge < -0.3 is 4.57 Å². The number of nitrogens with one attached hydrogen (secondary N) is 1. The Bertz CT molecular complexity index is 1290. The summed E-state index contributed by atoms with van der Waals surface area (Å²) >= 11 is 0. The van der Waals surface area contributed by atoms with E-state index in [1.54, 1.807) is 29.2 Å². The van der Waals surface area contributed by atoms with Crippen LogP contribution in [0.4, 0.5) is 5.95 Å². The van der Waals surface area contributed by atoms with Gasteiger partial charge in [0.15, 0.2) is 0 Å². The zero-order chi connectivity index (χ0) is 21.4. The molecule has 1 aromatic carbocycles. The summed E-state index contributed by atoms with van der Waals surface area (Å²) in [6.45, 7) is 0. The van der Waals surface area contributed by atoms with Crippen molar-refractivity contribution >= 4 is 33.7 Å². The zero-order valence-corrected chi connectivity index (χ0v) is 17.9. The lowest BCUT2D eigenvalue weighted by atomic mass is 10.1. The SMILES string of the molecule is Cn1cc(-c2cc(C(=O)Nc3nc4ccccc4n3C3CCCS(=O)C3)ccn2)cn1. The van der Waals surface area contributed by atoms with Crippen molar-refractivity contribution in [2.45, 2.75) is 18.9 Å². The third-order valence-corrected chi connectivity index (χ3v) is 7.00. The summed E-state index contributed by atoms with van der Waals surface area (Å²) in [6, 6.07) is 11.3. The van der Waals surface area contributed by atoms with Crippen molar-refractivity contribution in [3.05, 3.63) is 60.6 Å². The number of carbonyl (C=O) groups is 1. The molecular weight excluding hydrogens is 412 g/mol. The number of rotatable bonds is 4. The molecule has 0 aliphatic carbocycles. The molecule has 0 spiro atoms. The molecule has 3 aromatic heterocycles. The largest absolute Gasteiger partial charge is 0.306 e. The van der Waals surface area contributed by atoms with Gasteiger partial charge in [0.05, 0.1) is 22.9 Å². The van der Waals surface area contributed by atoms with Crippen molar-refractivity contribution in [3.8, 4) is 11.3 Å². The van der Waals surface area contributed by atoms with Crippen LogP contribution in [0, 0.1) is 0 Å². The molecule has 1 aliphatic rings. The van der Waals surface area contributed by atoms with Crippen LogP contribution in [-0.2, 0) is 17.8 Å². The van der Waals surface area contributed by atoms with E-state index in [2.05, 4.69) is 20.4 Å². The van der Waals surface area contributed by atoms with E-state index in [9.17, 15) is 9.00 Å². The van der Waals surface area contributed by atoms with Gasteiger partial charge in [0.1, 0.15) is 0 Å². The third-order valence-electron chi connectivity index (χ3n) is 5.50. The molecule has 4 heterocycles. The maximum Gasteiger partial charge on any atom is 0.258 e. The maximum absolute atomic E-state index is 13.1. The fourth-order valence-corrected chi connectivity index (χ4v) is 5.42. The number of hydrogen-bond donors (Lipinski definition) is 1. The second-order valence-corrected chi connectivity index (χ2v) is 9.31. The van der Waals surface area contributed by atoms with Gasteiger partial charge in [-0.3, -0.25) is 24.0 Å². The number of aromatic nitrogens is 5. The van der Waals surface area contributed by atoms with Crippen LogP contribution in [0.25, 0.3) is 22.3 Å². The number of fused-ring (bicyclic) bond motifs is 1. The van der Waals surface area contributed by atoms with Crippen LogP contribution in [0.1, 0.15) is 29.2 Å². The Labute approximate surface area is 181 Å². The van der Waals surface area contributed by atoms with Crippen molar-refractivity contribution in [1.29, 1.82) is 0 Å². The highest BCUT2D eigenvalue weighted by Gasteiger charge is 2.25. The smallest absolute Gasteiger partial charge is 0.258 e. The van der Waals surface area contributed by atoms with Crippen LogP contribution < -0.4 is 5.32 Å². The average Bonchev–Trinajstić information content (AvgIpc) is 3.37. The molecular formula is C22H22N6O2S.